The Balaban J connectivity index is 2.25. The molecule has 0 atom stereocenters. The smallest absolute Gasteiger partial charge is 0.399 e. The first-order valence-electron chi connectivity index (χ1n) is 7.39. The fourth-order valence-electron chi connectivity index (χ4n) is 2.29. The number of benzene rings is 1. The van der Waals surface area contributed by atoms with E-state index in [0.29, 0.717) is 0 Å². The van der Waals surface area contributed by atoms with Crippen molar-refractivity contribution in [3.05, 3.63) is 35.4 Å². The maximum absolute atomic E-state index is 6.11. The first kappa shape index (κ1) is 15.3. The summed E-state index contributed by atoms with van der Waals surface area (Å²) in [4.78, 5) is 0. The van der Waals surface area contributed by atoms with Crippen LogP contribution in [0.2, 0.25) is 0 Å². The lowest BCUT2D eigenvalue weighted by Gasteiger charge is -2.32. The van der Waals surface area contributed by atoms with Gasteiger partial charge in [0.1, 0.15) is 0 Å². The average Bonchev–Trinajstić information content (AvgIpc) is 2.55. The largest absolute Gasteiger partial charge is 0.495 e. The molecule has 1 aromatic rings. The molecule has 2 nitrogen and oxygen atoms in total. The molecule has 0 spiro atoms. The summed E-state index contributed by atoms with van der Waals surface area (Å²) in [6, 6.07) is 6.43. The lowest BCUT2D eigenvalue weighted by atomic mass is 9.76. The van der Waals surface area contributed by atoms with Crippen LogP contribution in [-0.4, -0.2) is 18.3 Å². The number of allylic oxidation sites excluding steroid dienone is 1. The van der Waals surface area contributed by atoms with E-state index in [1.165, 1.54) is 11.1 Å². The van der Waals surface area contributed by atoms with Crippen LogP contribution in [0.4, 0.5) is 0 Å². The van der Waals surface area contributed by atoms with Crippen LogP contribution in [-0.2, 0) is 9.31 Å². The molecule has 0 radical (unpaired) electrons. The minimum atomic E-state index is -0.287. The monoisotopic (exact) mass is 272 g/mol. The van der Waals surface area contributed by atoms with Gasteiger partial charge in [-0.3, -0.25) is 0 Å². The Morgan fingerprint density at radius 3 is 2.20 bits per heavy atom. The van der Waals surface area contributed by atoms with Crippen LogP contribution >= 0.6 is 0 Å². The summed E-state index contributed by atoms with van der Waals surface area (Å²) in [5, 5.41) is 0. The highest BCUT2D eigenvalue weighted by Crippen LogP contribution is 2.36. The molecule has 1 saturated heterocycles. The zero-order valence-electron chi connectivity index (χ0n) is 13.5. The van der Waals surface area contributed by atoms with E-state index >= 15 is 0 Å². The summed E-state index contributed by atoms with van der Waals surface area (Å²) >= 11 is 0. The SMILES string of the molecule is CC/C=C/c1ccc(B2OC(C)(C)C(C)(C)O2)c(C)c1. The summed E-state index contributed by atoms with van der Waals surface area (Å²) < 4.78 is 12.2. The topological polar surface area (TPSA) is 18.5 Å². The third-order valence-corrected chi connectivity index (χ3v) is 4.35. The van der Waals surface area contributed by atoms with Crippen molar-refractivity contribution in [3.8, 4) is 0 Å². The third-order valence-electron chi connectivity index (χ3n) is 4.35. The van der Waals surface area contributed by atoms with Gasteiger partial charge < -0.3 is 9.31 Å². The minimum Gasteiger partial charge on any atom is -0.399 e. The highest BCUT2D eigenvalue weighted by Gasteiger charge is 2.51. The minimum absolute atomic E-state index is 0.274. The molecule has 108 valence electrons. The van der Waals surface area contributed by atoms with E-state index < -0.39 is 0 Å². The van der Waals surface area contributed by atoms with Crippen LogP contribution in [0, 0.1) is 6.92 Å². The highest BCUT2D eigenvalue weighted by molar-refractivity contribution is 6.62. The second-order valence-corrected chi connectivity index (χ2v) is 6.51. The first-order valence-corrected chi connectivity index (χ1v) is 7.39. The molecule has 0 unspecified atom stereocenters. The molecule has 1 fully saturated rings. The van der Waals surface area contributed by atoms with Crippen molar-refractivity contribution >= 4 is 18.7 Å². The first-order chi connectivity index (χ1) is 9.27. The van der Waals surface area contributed by atoms with Crippen LogP contribution in [0.3, 0.4) is 0 Å². The number of rotatable bonds is 3. The highest BCUT2D eigenvalue weighted by atomic mass is 16.7. The van der Waals surface area contributed by atoms with Crippen molar-refractivity contribution in [2.45, 2.75) is 59.2 Å². The Morgan fingerprint density at radius 2 is 1.70 bits per heavy atom. The van der Waals surface area contributed by atoms with Gasteiger partial charge in [0.05, 0.1) is 11.2 Å². The molecule has 0 aromatic heterocycles. The molecule has 1 aliphatic rings. The van der Waals surface area contributed by atoms with Gasteiger partial charge in [0.25, 0.3) is 0 Å². The lowest BCUT2D eigenvalue weighted by Crippen LogP contribution is -2.41. The van der Waals surface area contributed by atoms with Crippen molar-refractivity contribution in [1.82, 2.24) is 0 Å². The van der Waals surface area contributed by atoms with Gasteiger partial charge in [0, 0.05) is 0 Å². The van der Waals surface area contributed by atoms with Gasteiger partial charge in [-0.05, 0) is 52.1 Å². The fourth-order valence-corrected chi connectivity index (χ4v) is 2.29. The molecule has 1 heterocycles. The van der Waals surface area contributed by atoms with Crippen LogP contribution < -0.4 is 5.46 Å². The molecule has 1 aromatic carbocycles. The molecule has 0 saturated carbocycles. The molecule has 0 bridgehead atoms. The van der Waals surface area contributed by atoms with E-state index in [1.807, 2.05) is 0 Å². The molecule has 20 heavy (non-hydrogen) atoms. The van der Waals surface area contributed by atoms with Crippen molar-refractivity contribution in [3.63, 3.8) is 0 Å². The van der Waals surface area contributed by atoms with Gasteiger partial charge in [-0.1, -0.05) is 42.8 Å². The zero-order chi connectivity index (χ0) is 15.0. The lowest BCUT2D eigenvalue weighted by molar-refractivity contribution is 0.00578. The second kappa shape index (κ2) is 5.38. The van der Waals surface area contributed by atoms with Crippen molar-refractivity contribution in [1.29, 1.82) is 0 Å². The maximum Gasteiger partial charge on any atom is 0.495 e. The molecule has 0 N–H and O–H groups in total. The van der Waals surface area contributed by atoms with Crippen LogP contribution in [0.25, 0.3) is 6.08 Å². The number of hydrogen-bond acceptors (Lipinski definition) is 2. The zero-order valence-corrected chi connectivity index (χ0v) is 13.5. The maximum atomic E-state index is 6.11. The predicted octanol–water partition coefficient (Wildman–Crippen LogP) is 3.72. The van der Waals surface area contributed by atoms with E-state index in [0.717, 1.165) is 11.9 Å². The van der Waals surface area contributed by atoms with Gasteiger partial charge in [0.2, 0.25) is 0 Å². The summed E-state index contributed by atoms with van der Waals surface area (Å²) in [6.07, 6.45) is 5.38. The number of hydrogen-bond donors (Lipinski definition) is 0. The molecular formula is C17H25BO2. The van der Waals surface area contributed by atoms with E-state index in [2.05, 4.69) is 71.9 Å². The van der Waals surface area contributed by atoms with E-state index in [9.17, 15) is 0 Å². The summed E-state index contributed by atoms with van der Waals surface area (Å²) in [5.41, 5.74) is 2.99. The van der Waals surface area contributed by atoms with Gasteiger partial charge in [-0.2, -0.15) is 0 Å². The van der Waals surface area contributed by atoms with Gasteiger partial charge in [-0.15, -0.1) is 0 Å². The normalized spacial score (nSPS) is 20.8. The molecule has 1 aliphatic heterocycles. The van der Waals surface area contributed by atoms with Crippen LogP contribution in [0.15, 0.2) is 24.3 Å². The Bertz CT molecular complexity index is 502. The van der Waals surface area contributed by atoms with Crippen LogP contribution in [0.1, 0.15) is 52.2 Å². The quantitative estimate of drug-likeness (QED) is 0.781. The second-order valence-electron chi connectivity index (χ2n) is 6.51. The summed E-state index contributed by atoms with van der Waals surface area (Å²) in [7, 11) is -0.274. The molecule has 2 rings (SSSR count). The molecule has 0 aliphatic carbocycles. The number of aryl methyl sites for hydroxylation is 1. The van der Waals surface area contributed by atoms with Gasteiger partial charge >= 0.3 is 7.12 Å². The predicted molar refractivity (Wildman–Crippen MR) is 86.2 cm³/mol. The Hall–Kier alpha value is -1.06. The fraction of sp³-hybridized carbons (Fsp3) is 0.529. The molecular weight excluding hydrogens is 247 g/mol. The summed E-state index contributed by atoms with van der Waals surface area (Å²) in [5.74, 6) is 0. The van der Waals surface area contributed by atoms with E-state index in [4.69, 9.17) is 9.31 Å². The van der Waals surface area contributed by atoms with Crippen LogP contribution in [0.5, 0.6) is 0 Å². The summed E-state index contributed by atoms with van der Waals surface area (Å²) in [6.45, 7) is 12.6. The Labute approximate surface area is 123 Å². The van der Waals surface area contributed by atoms with E-state index in [-0.39, 0.29) is 18.3 Å². The van der Waals surface area contributed by atoms with Crippen molar-refractivity contribution in [2.24, 2.45) is 0 Å². The Kier molecular flexibility index (Phi) is 4.13. The van der Waals surface area contributed by atoms with Crippen molar-refractivity contribution in [2.75, 3.05) is 0 Å². The molecule has 3 heteroatoms. The van der Waals surface area contributed by atoms with Gasteiger partial charge in [0.15, 0.2) is 0 Å². The standard InChI is InChI=1S/C17H25BO2/c1-7-8-9-14-10-11-15(13(2)12-14)18-19-16(3,4)17(5,6)20-18/h8-12H,7H2,1-6H3/b9-8+. The van der Waals surface area contributed by atoms with E-state index in [1.54, 1.807) is 0 Å². The Morgan fingerprint density at radius 1 is 1.10 bits per heavy atom. The third kappa shape index (κ3) is 2.84. The average molecular weight is 272 g/mol. The molecule has 0 amide bonds. The van der Waals surface area contributed by atoms with Gasteiger partial charge in [-0.25, -0.2) is 0 Å². The van der Waals surface area contributed by atoms with Crippen molar-refractivity contribution < 1.29 is 9.31 Å².